The highest BCUT2D eigenvalue weighted by molar-refractivity contribution is 6.30. The van der Waals surface area contributed by atoms with Gasteiger partial charge in [0.15, 0.2) is 0 Å². The molecule has 1 aliphatic heterocycles. The summed E-state index contributed by atoms with van der Waals surface area (Å²) in [6, 6.07) is 5.06. The van der Waals surface area contributed by atoms with Crippen molar-refractivity contribution in [2.24, 2.45) is 0 Å². The minimum absolute atomic E-state index is 0.0523. The summed E-state index contributed by atoms with van der Waals surface area (Å²) < 4.78 is 40.2. The van der Waals surface area contributed by atoms with Gasteiger partial charge in [-0.2, -0.15) is 13.2 Å². The molecule has 0 spiro atoms. The zero-order valence-corrected chi connectivity index (χ0v) is 13.1. The molecule has 0 bridgehead atoms. The van der Waals surface area contributed by atoms with Crippen LogP contribution in [0.2, 0.25) is 5.02 Å². The van der Waals surface area contributed by atoms with Crippen LogP contribution < -0.4 is 5.43 Å². The van der Waals surface area contributed by atoms with Crippen LogP contribution in [0.3, 0.4) is 0 Å². The Labute approximate surface area is 132 Å². The summed E-state index contributed by atoms with van der Waals surface area (Å²) in [5, 5.41) is 1.54. The lowest BCUT2D eigenvalue weighted by Gasteiger charge is -2.37. The Morgan fingerprint density at radius 1 is 1.41 bits per heavy atom. The minimum Gasteiger partial charge on any atom is -0.288 e. The SMILES string of the molecule is CC1(C)CC(=O)NN1[C@@H](CCc1cccc(Cl)c1)C(F)(F)F. The molecule has 1 atom stereocenters. The van der Waals surface area contributed by atoms with E-state index in [0.29, 0.717) is 5.02 Å². The first-order valence-electron chi connectivity index (χ1n) is 6.99. The van der Waals surface area contributed by atoms with E-state index in [2.05, 4.69) is 5.43 Å². The fourth-order valence-electron chi connectivity index (χ4n) is 2.74. The lowest BCUT2D eigenvalue weighted by molar-refractivity contribution is -0.202. The summed E-state index contributed by atoms with van der Waals surface area (Å²) in [5.74, 6) is -0.387. The monoisotopic (exact) mass is 334 g/mol. The molecule has 1 fully saturated rings. The van der Waals surface area contributed by atoms with Crippen LogP contribution in [0.15, 0.2) is 24.3 Å². The molecule has 1 N–H and O–H groups in total. The second-order valence-corrected chi connectivity index (χ2v) is 6.56. The van der Waals surface area contributed by atoms with Gasteiger partial charge in [0.1, 0.15) is 6.04 Å². The Kier molecular flexibility index (Phi) is 4.73. The van der Waals surface area contributed by atoms with Gasteiger partial charge in [-0.25, -0.2) is 5.01 Å². The molecule has 0 aromatic heterocycles. The largest absolute Gasteiger partial charge is 0.405 e. The fraction of sp³-hybridized carbons (Fsp3) is 0.533. The first kappa shape index (κ1) is 17.1. The van der Waals surface area contributed by atoms with Crippen LogP contribution in [-0.4, -0.2) is 28.7 Å². The standard InChI is InChI=1S/C15H18ClF3N2O/c1-14(2)9-13(22)20-21(14)12(15(17,18)19)7-6-10-4-3-5-11(16)8-10/h3-5,8,12H,6-7,9H2,1-2H3,(H,20,22)/t12-/m0/s1. The van der Waals surface area contributed by atoms with Crippen molar-refractivity contribution in [1.29, 1.82) is 0 Å². The summed E-state index contributed by atoms with van der Waals surface area (Å²) in [7, 11) is 0. The van der Waals surface area contributed by atoms with Crippen LogP contribution in [0.25, 0.3) is 0 Å². The van der Waals surface area contributed by atoms with Crippen molar-refractivity contribution in [2.45, 2.75) is 50.9 Å². The van der Waals surface area contributed by atoms with Crippen LogP contribution in [0.5, 0.6) is 0 Å². The number of hydrazine groups is 1. The predicted molar refractivity (Wildman–Crippen MR) is 78.3 cm³/mol. The molecular formula is C15H18ClF3N2O. The van der Waals surface area contributed by atoms with Gasteiger partial charge in [0.05, 0.1) is 0 Å². The van der Waals surface area contributed by atoms with Crippen molar-refractivity contribution >= 4 is 17.5 Å². The molecule has 7 heteroatoms. The third-order valence-corrected chi connectivity index (χ3v) is 4.01. The maximum absolute atomic E-state index is 13.4. The number of rotatable bonds is 4. The zero-order valence-electron chi connectivity index (χ0n) is 12.4. The van der Waals surface area contributed by atoms with E-state index in [1.807, 2.05) is 0 Å². The first-order valence-corrected chi connectivity index (χ1v) is 7.37. The smallest absolute Gasteiger partial charge is 0.288 e. The van der Waals surface area contributed by atoms with Gasteiger partial charge in [-0.1, -0.05) is 23.7 Å². The van der Waals surface area contributed by atoms with Crippen molar-refractivity contribution in [3.05, 3.63) is 34.9 Å². The number of carbonyl (C=O) groups excluding carboxylic acids is 1. The van der Waals surface area contributed by atoms with Crippen LogP contribution in [0.4, 0.5) is 13.2 Å². The van der Waals surface area contributed by atoms with Gasteiger partial charge in [-0.3, -0.25) is 10.2 Å². The number of aryl methyl sites for hydroxylation is 1. The zero-order chi connectivity index (χ0) is 16.5. The molecule has 122 valence electrons. The van der Waals surface area contributed by atoms with Gasteiger partial charge in [0, 0.05) is 17.0 Å². The number of halogens is 4. The van der Waals surface area contributed by atoms with E-state index in [9.17, 15) is 18.0 Å². The van der Waals surface area contributed by atoms with Crippen molar-refractivity contribution in [3.8, 4) is 0 Å². The Bertz CT molecular complexity index is 560. The number of alkyl halides is 3. The third-order valence-electron chi connectivity index (χ3n) is 3.78. The van der Waals surface area contributed by atoms with Gasteiger partial charge in [0.25, 0.3) is 0 Å². The molecule has 0 radical (unpaired) electrons. The molecule has 1 heterocycles. The molecule has 2 rings (SSSR count). The normalized spacial score (nSPS) is 20.0. The van der Waals surface area contributed by atoms with Crippen molar-refractivity contribution < 1.29 is 18.0 Å². The second-order valence-electron chi connectivity index (χ2n) is 6.12. The van der Waals surface area contributed by atoms with E-state index in [4.69, 9.17) is 11.6 Å². The maximum atomic E-state index is 13.4. The van der Waals surface area contributed by atoms with Crippen molar-refractivity contribution in [1.82, 2.24) is 10.4 Å². The minimum atomic E-state index is -4.42. The van der Waals surface area contributed by atoms with Crippen molar-refractivity contribution in [3.63, 3.8) is 0 Å². The van der Waals surface area contributed by atoms with Gasteiger partial charge in [0.2, 0.25) is 5.91 Å². The molecule has 22 heavy (non-hydrogen) atoms. The van der Waals surface area contributed by atoms with Gasteiger partial charge < -0.3 is 0 Å². The summed E-state index contributed by atoms with van der Waals surface area (Å²) >= 11 is 5.85. The van der Waals surface area contributed by atoms with E-state index in [0.717, 1.165) is 10.6 Å². The Morgan fingerprint density at radius 3 is 2.59 bits per heavy atom. The predicted octanol–water partition coefficient (Wildman–Crippen LogP) is 3.72. The fourth-order valence-corrected chi connectivity index (χ4v) is 2.95. The number of benzene rings is 1. The topological polar surface area (TPSA) is 32.3 Å². The Hall–Kier alpha value is -1.27. The van der Waals surface area contributed by atoms with Crippen LogP contribution >= 0.6 is 11.6 Å². The van der Waals surface area contributed by atoms with Crippen LogP contribution in [0, 0.1) is 0 Å². The van der Waals surface area contributed by atoms with Crippen LogP contribution in [-0.2, 0) is 11.2 Å². The Morgan fingerprint density at radius 2 is 2.09 bits per heavy atom. The number of hydrogen-bond donors (Lipinski definition) is 1. The maximum Gasteiger partial charge on any atom is 0.405 e. The van der Waals surface area contributed by atoms with Gasteiger partial charge in [-0.05, 0) is 44.4 Å². The number of nitrogens with zero attached hydrogens (tertiary/aromatic N) is 1. The summed E-state index contributed by atoms with van der Waals surface area (Å²) in [4.78, 5) is 11.5. The number of nitrogens with one attached hydrogen (secondary N) is 1. The van der Waals surface area contributed by atoms with Gasteiger partial charge >= 0.3 is 6.18 Å². The van der Waals surface area contributed by atoms with Gasteiger partial charge in [-0.15, -0.1) is 0 Å². The molecule has 1 amide bonds. The number of hydrogen-bond acceptors (Lipinski definition) is 2. The average molecular weight is 335 g/mol. The molecule has 0 aliphatic carbocycles. The molecule has 0 unspecified atom stereocenters. The van der Waals surface area contributed by atoms with E-state index in [1.165, 1.54) is 0 Å². The second kappa shape index (κ2) is 6.08. The summed E-state index contributed by atoms with van der Waals surface area (Å²) in [5.41, 5.74) is 2.22. The Balaban J connectivity index is 2.16. The first-order chi connectivity index (χ1) is 10.1. The quantitative estimate of drug-likeness (QED) is 0.910. The molecule has 1 saturated heterocycles. The number of amides is 1. The lowest BCUT2D eigenvalue weighted by Crippen LogP contribution is -2.56. The van der Waals surface area contributed by atoms with Crippen LogP contribution in [0.1, 0.15) is 32.3 Å². The highest BCUT2D eigenvalue weighted by Gasteiger charge is 2.51. The van der Waals surface area contributed by atoms with E-state index in [1.54, 1.807) is 38.1 Å². The summed E-state index contributed by atoms with van der Waals surface area (Å²) in [6.07, 6.45) is -4.29. The number of carbonyl (C=O) groups is 1. The van der Waals surface area contributed by atoms with E-state index >= 15 is 0 Å². The third kappa shape index (κ3) is 3.93. The highest BCUT2D eigenvalue weighted by Crippen LogP contribution is 2.35. The summed E-state index contributed by atoms with van der Waals surface area (Å²) in [6.45, 7) is 3.26. The highest BCUT2D eigenvalue weighted by atomic mass is 35.5. The van der Waals surface area contributed by atoms with Crippen molar-refractivity contribution in [2.75, 3.05) is 0 Å². The molecular weight excluding hydrogens is 317 g/mol. The molecule has 3 nitrogen and oxygen atoms in total. The van der Waals surface area contributed by atoms with E-state index in [-0.39, 0.29) is 25.2 Å². The molecule has 0 saturated carbocycles. The lowest BCUT2D eigenvalue weighted by atomic mass is 9.97. The molecule has 1 aromatic carbocycles. The molecule has 1 aromatic rings. The van der Waals surface area contributed by atoms with E-state index < -0.39 is 17.8 Å². The average Bonchev–Trinajstić information content (AvgIpc) is 2.61. The molecule has 1 aliphatic rings.